The zero-order valence-corrected chi connectivity index (χ0v) is 14.6. The van der Waals surface area contributed by atoms with Gasteiger partial charge in [0.05, 0.1) is 11.5 Å². The number of anilines is 1. The van der Waals surface area contributed by atoms with E-state index in [1.807, 2.05) is 6.92 Å². The van der Waals surface area contributed by atoms with Crippen molar-refractivity contribution in [1.29, 1.82) is 0 Å². The molecule has 0 atom stereocenters. The highest BCUT2D eigenvalue weighted by atomic mass is 32.1. The fourth-order valence-corrected chi connectivity index (χ4v) is 2.30. The van der Waals surface area contributed by atoms with Gasteiger partial charge in [0.15, 0.2) is 5.11 Å². The monoisotopic (exact) mass is 359 g/mol. The van der Waals surface area contributed by atoms with Crippen molar-refractivity contribution in [3.63, 3.8) is 0 Å². The first-order chi connectivity index (χ1) is 11.9. The molecule has 0 aromatic heterocycles. The van der Waals surface area contributed by atoms with Gasteiger partial charge in [-0.2, -0.15) is 0 Å². The van der Waals surface area contributed by atoms with Crippen LogP contribution < -0.4 is 15.4 Å². The Balaban J connectivity index is 1.99. The van der Waals surface area contributed by atoms with E-state index in [1.165, 1.54) is 12.1 Å². The molecule has 8 heteroatoms. The summed E-state index contributed by atoms with van der Waals surface area (Å²) in [5.41, 5.74) is 1.66. The summed E-state index contributed by atoms with van der Waals surface area (Å²) >= 11 is 5.12. The number of thiocarbonyl (C=S) groups is 1. The second-order valence-corrected chi connectivity index (χ2v) is 5.53. The maximum Gasteiger partial charge on any atom is 0.269 e. The van der Waals surface area contributed by atoms with Crippen molar-refractivity contribution in [3.05, 3.63) is 63.7 Å². The lowest BCUT2D eigenvalue weighted by atomic mass is 10.2. The lowest BCUT2D eigenvalue weighted by Crippen LogP contribution is -2.34. The summed E-state index contributed by atoms with van der Waals surface area (Å²) in [6.45, 7) is 4.14. The molecule has 0 aliphatic heterocycles. The number of nitro groups is 1. The van der Waals surface area contributed by atoms with E-state index in [0.29, 0.717) is 29.2 Å². The highest BCUT2D eigenvalue weighted by molar-refractivity contribution is 7.80. The number of nitrogens with zero attached hydrogens (tertiary/aromatic N) is 1. The van der Waals surface area contributed by atoms with Crippen LogP contribution in [0.2, 0.25) is 0 Å². The van der Waals surface area contributed by atoms with Gasteiger partial charge >= 0.3 is 0 Å². The molecule has 0 spiro atoms. The van der Waals surface area contributed by atoms with Crippen LogP contribution in [-0.4, -0.2) is 22.5 Å². The fourth-order valence-electron chi connectivity index (χ4n) is 2.10. The quantitative estimate of drug-likeness (QED) is 0.483. The zero-order valence-electron chi connectivity index (χ0n) is 13.7. The Morgan fingerprint density at radius 3 is 2.48 bits per heavy atom. The summed E-state index contributed by atoms with van der Waals surface area (Å²) < 4.78 is 5.32. The minimum atomic E-state index is -0.469. The number of ether oxygens (including phenoxy) is 1. The van der Waals surface area contributed by atoms with Crippen LogP contribution in [0.4, 0.5) is 11.4 Å². The molecule has 130 valence electrons. The first-order valence-corrected chi connectivity index (χ1v) is 7.91. The molecule has 0 aliphatic carbocycles. The van der Waals surface area contributed by atoms with Gasteiger partial charge in [-0.15, -0.1) is 0 Å². The Kier molecular flexibility index (Phi) is 6.02. The fraction of sp³-hybridized carbons (Fsp3) is 0.176. The maximum atomic E-state index is 12.2. The van der Waals surface area contributed by atoms with Crippen LogP contribution in [0.3, 0.4) is 0 Å². The molecule has 0 heterocycles. The van der Waals surface area contributed by atoms with Crippen LogP contribution in [0.5, 0.6) is 5.75 Å². The lowest BCUT2D eigenvalue weighted by Gasteiger charge is -2.12. The molecule has 0 fully saturated rings. The van der Waals surface area contributed by atoms with Gasteiger partial charge in [0.25, 0.3) is 11.6 Å². The predicted octanol–water partition coefficient (Wildman–Crippen LogP) is 3.43. The Morgan fingerprint density at radius 2 is 1.92 bits per heavy atom. The summed E-state index contributed by atoms with van der Waals surface area (Å²) in [6.07, 6.45) is 0. The number of aryl methyl sites for hydroxylation is 1. The van der Waals surface area contributed by atoms with Gasteiger partial charge in [0.1, 0.15) is 5.75 Å². The Bertz CT molecular complexity index is 806. The van der Waals surface area contributed by atoms with Crippen LogP contribution in [0, 0.1) is 17.0 Å². The maximum absolute atomic E-state index is 12.2. The van der Waals surface area contributed by atoms with Crippen molar-refractivity contribution < 1.29 is 14.5 Å². The molecule has 2 aromatic carbocycles. The van der Waals surface area contributed by atoms with Crippen LogP contribution in [-0.2, 0) is 0 Å². The average molecular weight is 359 g/mol. The van der Waals surface area contributed by atoms with Crippen molar-refractivity contribution in [2.45, 2.75) is 13.8 Å². The number of nitrogens with one attached hydrogen (secondary N) is 2. The molecular formula is C17H17N3O4S. The molecular weight excluding hydrogens is 342 g/mol. The summed E-state index contributed by atoms with van der Waals surface area (Å²) in [7, 11) is 0. The number of non-ortho nitro benzene ring substituents is 1. The zero-order chi connectivity index (χ0) is 18.4. The Labute approximate surface area is 150 Å². The van der Waals surface area contributed by atoms with E-state index in [1.54, 1.807) is 37.3 Å². The molecule has 1 amide bonds. The molecule has 7 nitrogen and oxygen atoms in total. The normalized spacial score (nSPS) is 10.0. The van der Waals surface area contributed by atoms with Crippen LogP contribution in [0.15, 0.2) is 42.5 Å². The summed E-state index contributed by atoms with van der Waals surface area (Å²) in [4.78, 5) is 22.5. The molecule has 0 saturated carbocycles. The third kappa shape index (κ3) is 4.98. The van der Waals surface area contributed by atoms with Crippen LogP contribution in [0.1, 0.15) is 22.8 Å². The van der Waals surface area contributed by atoms with Crippen molar-refractivity contribution in [2.24, 2.45) is 0 Å². The van der Waals surface area contributed by atoms with Crippen LogP contribution in [0.25, 0.3) is 0 Å². The summed E-state index contributed by atoms with van der Waals surface area (Å²) in [6, 6.07) is 11.0. The lowest BCUT2D eigenvalue weighted by molar-refractivity contribution is -0.384. The second-order valence-electron chi connectivity index (χ2n) is 5.12. The number of benzene rings is 2. The van der Waals surface area contributed by atoms with Gasteiger partial charge in [-0.05, 0) is 62.0 Å². The minimum absolute atomic E-state index is 0.00704. The third-order valence-electron chi connectivity index (χ3n) is 3.32. The topological polar surface area (TPSA) is 93.5 Å². The van der Waals surface area contributed by atoms with Gasteiger partial charge in [-0.1, -0.05) is 0 Å². The predicted molar refractivity (Wildman–Crippen MR) is 99.1 cm³/mol. The number of rotatable bonds is 5. The van der Waals surface area contributed by atoms with Crippen molar-refractivity contribution in [1.82, 2.24) is 5.32 Å². The molecule has 0 radical (unpaired) electrons. The number of hydrogen-bond donors (Lipinski definition) is 2. The summed E-state index contributed by atoms with van der Waals surface area (Å²) in [5, 5.41) is 16.3. The Hall–Kier alpha value is -3.00. The SMILES string of the molecule is CCOc1ccc(C(=O)NC(=S)Nc2ccc([N+](=O)[O-])cc2C)cc1. The first kappa shape index (κ1) is 18.3. The van der Waals surface area contributed by atoms with Gasteiger partial charge in [-0.25, -0.2) is 0 Å². The van der Waals surface area contributed by atoms with E-state index in [-0.39, 0.29) is 16.7 Å². The average Bonchev–Trinajstić information content (AvgIpc) is 2.57. The largest absolute Gasteiger partial charge is 0.494 e. The molecule has 2 rings (SSSR count). The van der Waals surface area contributed by atoms with Gasteiger partial charge in [0, 0.05) is 23.4 Å². The van der Waals surface area contributed by atoms with Gasteiger partial charge < -0.3 is 10.1 Å². The number of nitro benzene ring substituents is 1. The minimum Gasteiger partial charge on any atom is -0.494 e. The molecule has 25 heavy (non-hydrogen) atoms. The van der Waals surface area contributed by atoms with Crippen molar-refractivity contribution in [3.8, 4) is 5.75 Å². The first-order valence-electron chi connectivity index (χ1n) is 7.51. The highest BCUT2D eigenvalue weighted by Crippen LogP contribution is 2.21. The number of carbonyl (C=O) groups excluding carboxylic acids is 1. The van der Waals surface area contributed by atoms with E-state index >= 15 is 0 Å². The van der Waals surface area contributed by atoms with Crippen molar-refractivity contribution in [2.75, 3.05) is 11.9 Å². The van der Waals surface area contributed by atoms with E-state index < -0.39 is 4.92 Å². The molecule has 0 aliphatic rings. The molecule has 0 unspecified atom stereocenters. The van der Waals surface area contributed by atoms with Crippen molar-refractivity contribution >= 4 is 34.6 Å². The number of hydrogen-bond acceptors (Lipinski definition) is 5. The Morgan fingerprint density at radius 1 is 1.24 bits per heavy atom. The third-order valence-corrected chi connectivity index (χ3v) is 3.53. The van der Waals surface area contributed by atoms with E-state index in [4.69, 9.17) is 17.0 Å². The number of amides is 1. The molecule has 2 aromatic rings. The van der Waals surface area contributed by atoms with Gasteiger partial charge in [0.2, 0.25) is 0 Å². The smallest absolute Gasteiger partial charge is 0.269 e. The molecule has 0 saturated heterocycles. The van der Waals surface area contributed by atoms with E-state index in [9.17, 15) is 14.9 Å². The second kappa shape index (κ2) is 8.20. The van der Waals surface area contributed by atoms with Crippen LogP contribution >= 0.6 is 12.2 Å². The van der Waals surface area contributed by atoms with Gasteiger partial charge in [-0.3, -0.25) is 20.2 Å². The highest BCUT2D eigenvalue weighted by Gasteiger charge is 2.11. The van der Waals surface area contributed by atoms with E-state index in [2.05, 4.69) is 10.6 Å². The summed E-state index contributed by atoms with van der Waals surface area (Å²) in [5.74, 6) is 0.321. The number of carbonyl (C=O) groups is 1. The molecule has 0 bridgehead atoms. The van der Waals surface area contributed by atoms with E-state index in [0.717, 1.165) is 0 Å². The standard InChI is InChI=1S/C17H17N3O4S/c1-3-24-14-7-4-12(5-8-14)16(21)19-17(25)18-15-9-6-13(20(22)23)10-11(15)2/h4-10H,3H2,1-2H3,(H2,18,19,21,25). The molecule has 2 N–H and O–H groups in total.